The molecule has 1 fully saturated rings. The van der Waals surface area contributed by atoms with Crippen LogP contribution in [0.3, 0.4) is 0 Å². The minimum absolute atomic E-state index is 0.0791. The predicted molar refractivity (Wildman–Crippen MR) is 120 cm³/mol. The molecule has 1 aliphatic heterocycles. The van der Waals surface area contributed by atoms with Crippen LogP contribution in [0, 0.1) is 17.2 Å². The van der Waals surface area contributed by atoms with Gasteiger partial charge in [0.2, 0.25) is 11.8 Å². The van der Waals surface area contributed by atoms with Gasteiger partial charge in [0.15, 0.2) is 18.1 Å². The molecule has 2 amide bonds. The summed E-state index contributed by atoms with van der Waals surface area (Å²) in [5.41, 5.74) is 6.73. The average molecular weight is 435 g/mol. The van der Waals surface area contributed by atoms with Crippen LogP contribution >= 0.6 is 0 Å². The van der Waals surface area contributed by atoms with Crippen LogP contribution in [0.25, 0.3) is 6.08 Å². The minimum Gasteiger partial charge on any atom is -0.493 e. The highest BCUT2D eigenvalue weighted by atomic mass is 16.5. The summed E-state index contributed by atoms with van der Waals surface area (Å²) >= 11 is 0. The van der Waals surface area contributed by atoms with Gasteiger partial charge in [0.1, 0.15) is 11.9 Å². The zero-order valence-electron chi connectivity index (χ0n) is 17.8. The number of piperidine rings is 1. The number of benzene rings is 1. The molecule has 166 valence electrons. The third-order valence-electron chi connectivity index (χ3n) is 5.07. The van der Waals surface area contributed by atoms with Crippen LogP contribution < -0.4 is 25.4 Å². The van der Waals surface area contributed by atoms with E-state index < -0.39 is 0 Å². The first kappa shape index (κ1) is 22.6. The van der Waals surface area contributed by atoms with Crippen LogP contribution in [0.5, 0.6) is 11.5 Å². The predicted octanol–water partition coefficient (Wildman–Crippen LogP) is 2.35. The molecule has 1 aromatic heterocycles. The Hall–Kier alpha value is -4.06. The zero-order valence-corrected chi connectivity index (χ0v) is 17.8. The lowest BCUT2D eigenvalue weighted by atomic mass is 9.97. The lowest BCUT2D eigenvalue weighted by Crippen LogP contribution is -2.41. The van der Waals surface area contributed by atoms with Crippen molar-refractivity contribution in [1.29, 1.82) is 5.26 Å². The van der Waals surface area contributed by atoms with Gasteiger partial charge < -0.3 is 25.4 Å². The molecule has 1 saturated heterocycles. The van der Waals surface area contributed by atoms with Crippen molar-refractivity contribution >= 4 is 29.4 Å². The first-order valence-electron chi connectivity index (χ1n) is 10.2. The van der Waals surface area contributed by atoms with E-state index in [1.165, 1.54) is 13.2 Å². The molecule has 1 atom stereocenters. The van der Waals surface area contributed by atoms with Crippen LogP contribution in [0.2, 0.25) is 0 Å². The number of methoxy groups -OCH3 is 1. The Morgan fingerprint density at radius 1 is 1.34 bits per heavy atom. The number of carbonyl (C=O) groups excluding carboxylic acids is 2. The second-order valence-corrected chi connectivity index (χ2v) is 7.27. The summed E-state index contributed by atoms with van der Waals surface area (Å²) in [5.74, 6) is 0.912. The molecule has 0 saturated carbocycles. The van der Waals surface area contributed by atoms with Crippen molar-refractivity contribution in [2.45, 2.75) is 12.8 Å². The Morgan fingerprint density at radius 3 is 2.88 bits per heavy atom. The molecule has 1 aromatic carbocycles. The molecular formula is C23H25N5O4. The van der Waals surface area contributed by atoms with Crippen molar-refractivity contribution in [3.63, 3.8) is 0 Å². The minimum atomic E-state index is -0.310. The third kappa shape index (κ3) is 5.98. The number of hydrogen-bond donors (Lipinski definition) is 2. The molecule has 0 bridgehead atoms. The van der Waals surface area contributed by atoms with E-state index in [-0.39, 0.29) is 24.3 Å². The van der Waals surface area contributed by atoms with Crippen LogP contribution in [0.1, 0.15) is 18.4 Å². The number of aromatic nitrogens is 1. The number of nitrogens with zero attached hydrogens (tertiary/aromatic N) is 3. The fraction of sp³-hybridized carbons (Fsp3) is 0.304. The van der Waals surface area contributed by atoms with Crippen LogP contribution in [-0.2, 0) is 9.59 Å². The number of nitrogens with one attached hydrogen (secondary N) is 1. The number of anilines is 2. The van der Waals surface area contributed by atoms with E-state index in [1.807, 2.05) is 17.0 Å². The molecule has 9 nitrogen and oxygen atoms in total. The molecule has 32 heavy (non-hydrogen) atoms. The van der Waals surface area contributed by atoms with E-state index >= 15 is 0 Å². The fourth-order valence-electron chi connectivity index (χ4n) is 3.44. The number of nitrogens with two attached hydrogens (primary N) is 1. The summed E-state index contributed by atoms with van der Waals surface area (Å²) in [4.78, 5) is 30.2. The monoisotopic (exact) mass is 435 g/mol. The number of pyridine rings is 1. The van der Waals surface area contributed by atoms with Gasteiger partial charge in [-0.05, 0) is 48.7 Å². The number of ether oxygens (including phenoxy) is 2. The maximum atomic E-state index is 12.3. The molecule has 3 N–H and O–H groups in total. The Labute approximate surface area is 186 Å². The largest absolute Gasteiger partial charge is 0.493 e. The smallest absolute Gasteiger partial charge is 0.248 e. The number of nitriles is 1. The quantitative estimate of drug-likeness (QED) is 0.609. The average Bonchev–Trinajstić information content (AvgIpc) is 2.82. The van der Waals surface area contributed by atoms with Gasteiger partial charge in [0.05, 0.1) is 24.9 Å². The number of hydrogen-bond acceptors (Lipinski definition) is 7. The number of rotatable bonds is 8. The summed E-state index contributed by atoms with van der Waals surface area (Å²) in [6.07, 6.45) is 6.31. The van der Waals surface area contributed by atoms with Gasteiger partial charge in [0.25, 0.3) is 0 Å². The Morgan fingerprint density at radius 2 is 2.19 bits per heavy atom. The second-order valence-electron chi connectivity index (χ2n) is 7.27. The molecular weight excluding hydrogens is 410 g/mol. The Kier molecular flexibility index (Phi) is 7.65. The standard InChI is InChI=1S/C23H25N5O4/c1-31-20-13-16(4-7-19(20)32-12-10-24)5-9-22(29)27-18-6-8-21(26-14-18)28-11-2-3-17(15-28)23(25)30/h4-9,13-14,17H,2-3,11-12,15H2,1H3,(H2,25,30)(H,27,29)/b9-5+. The van der Waals surface area contributed by atoms with E-state index in [1.54, 1.807) is 36.5 Å². The summed E-state index contributed by atoms with van der Waals surface area (Å²) in [5, 5.41) is 11.4. The van der Waals surface area contributed by atoms with E-state index in [9.17, 15) is 9.59 Å². The van der Waals surface area contributed by atoms with Gasteiger partial charge in [-0.1, -0.05) is 6.07 Å². The summed E-state index contributed by atoms with van der Waals surface area (Å²) in [6.45, 7) is 1.29. The van der Waals surface area contributed by atoms with Crippen molar-refractivity contribution in [2.75, 3.05) is 37.0 Å². The molecule has 2 heterocycles. The first-order valence-corrected chi connectivity index (χ1v) is 10.2. The van der Waals surface area contributed by atoms with Gasteiger partial charge in [-0.15, -0.1) is 0 Å². The molecule has 2 aromatic rings. The van der Waals surface area contributed by atoms with E-state index in [2.05, 4.69) is 10.3 Å². The Balaban J connectivity index is 1.58. The summed E-state index contributed by atoms with van der Waals surface area (Å²) in [6, 6.07) is 10.6. The second kappa shape index (κ2) is 10.8. The van der Waals surface area contributed by atoms with Crippen LogP contribution in [-0.4, -0.2) is 43.6 Å². The van der Waals surface area contributed by atoms with E-state index in [0.717, 1.165) is 30.8 Å². The SMILES string of the molecule is COc1cc(/C=C/C(=O)Nc2ccc(N3CCCC(C(N)=O)C3)nc2)ccc1OCC#N. The van der Waals surface area contributed by atoms with Gasteiger partial charge in [0, 0.05) is 19.2 Å². The maximum Gasteiger partial charge on any atom is 0.248 e. The lowest BCUT2D eigenvalue weighted by molar-refractivity contribution is -0.122. The van der Waals surface area contributed by atoms with Crippen molar-refractivity contribution < 1.29 is 19.1 Å². The first-order chi connectivity index (χ1) is 15.5. The number of primary amides is 1. The highest BCUT2D eigenvalue weighted by molar-refractivity contribution is 6.01. The third-order valence-corrected chi connectivity index (χ3v) is 5.07. The molecule has 0 spiro atoms. The summed E-state index contributed by atoms with van der Waals surface area (Å²) < 4.78 is 10.5. The molecule has 1 unspecified atom stereocenters. The highest BCUT2D eigenvalue weighted by Gasteiger charge is 2.24. The Bertz CT molecular complexity index is 1030. The van der Waals surface area contributed by atoms with Crippen molar-refractivity contribution in [2.24, 2.45) is 11.7 Å². The molecule has 0 aliphatic carbocycles. The molecule has 3 rings (SSSR count). The van der Waals surface area contributed by atoms with Crippen LogP contribution in [0.4, 0.5) is 11.5 Å². The van der Waals surface area contributed by atoms with Crippen molar-refractivity contribution in [3.8, 4) is 17.6 Å². The molecule has 0 radical (unpaired) electrons. The topological polar surface area (TPSA) is 131 Å². The number of carbonyl (C=O) groups is 2. The maximum absolute atomic E-state index is 12.3. The van der Waals surface area contributed by atoms with Gasteiger partial charge >= 0.3 is 0 Å². The zero-order chi connectivity index (χ0) is 22.9. The highest BCUT2D eigenvalue weighted by Crippen LogP contribution is 2.28. The fourth-order valence-corrected chi connectivity index (χ4v) is 3.44. The normalized spacial score (nSPS) is 15.8. The number of amides is 2. The van der Waals surface area contributed by atoms with Crippen molar-refractivity contribution in [3.05, 3.63) is 48.2 Å². The van der Waals surface area contributed by atoms with Crippen LogP contribution in [0.15, 0.2) is 42.6 Å². The van der Waals surface area contributed by atoms with E-state index in [0.29, 0.717) is 23.7 Å². The lowest BCUT2D eigenvalue weighted by Gasteiger charge is -2.32. The van der Waals surface area contributed by atoms with Gasteiger partial charge in [-0.2, -0.15) is 5.26 Å². The van der Waals surface area contributed by atoms with Crippen molar-refractivity contribution in [1.82, 2.24) is 4.98 Å². The molecule has 1 aliphatic rings. The summed E-state index contributed by atoms with van der Waals surface area (Å²) in [7, 11) is 1.50. The van der Waals surface area contributed by atoms with Gasteiger partial charge in [-0.3, -0.25) is 9.59 Å². The van der Waals surface area contributed by atoms with E-state index in [4.69, 9.17) is 20.5 Å². The van der Waals surface area contributed by atoms with Gasteiger partial charge in [-0.25, -0.2) is 4.98 Å². The molecule has 9 heteroatoms.